The molecule has 0 aromatic heterocycles. The van der Waals surface area contributed by atoms with Crippen molar-refractivity contribution in [2.45, 2.75) is 18.6 Å². The van der Waals surface area contributed by atoms with Crippen molar-refractivity contribution in [1.82, 2.24) is 0 Å². The maximum Gasteiger partial charge on any atom is 0.213 e. The summed E-state index contributed by atoms with van der Waals surface area (Å²) >= 11 is 0. The number of nitrogens with zero attached hydrogens (tertiary/aromatic N) is 1. The molecule has 0 aliphatic carbocycles. The lowest BCUT2D eigenvalue weighted by Crippen LogP contribution is -2.31. The van der Waals surface area contributed by atoms with Crippen molar-refractivity contribution in [3.05, 3.63) is 81.9 Å². The van der Waals surface area contributed by atoms with Gasteiger partial charge in [0.15, 0.2) is 0 Å². The van der Waals surface area contributed by atoms with Gasteiger partial charge >= 0.3 is 0 Å². The van der Waals surface area contributed by atoms with Crippen LogP contribution in [-0.4, -0.2) is 29.3 Å². The molecule has 0 unspecified atom stereocenters. The molecule has 0 bridgehead atoms. The van der Waals surface area contributed by atoms with Crippen molar-refractivity contribution in [1.29, 1.82) is 0 Å². The molecule has 0 aliphatic rings. The summed E-state index contributed by atoms with van der Waals surface area (Å²) in [6.07, 6.45) is -0.618. The lowest BCUT2D eigenvalue weighted by atomic mass is 9.93. The molecule has 5 nitrogen and oxygen atoms in total. The summed E-state index contributed by atoms with van der Waals surface area (Å²) in [5.41, 5.74) is 1.76. The number of benzene rings is 2. The fourth-order valence-electron chi connectivity index (χ4n) is 2.37. The molecule has 2 rings (SSSR count). The number of nitro groups is 1. The molecule has 22 heavy (non-hydrogen) atoms. The zero-order valence-electron chi connectivity index (χ0n) is 12.2. The van der Waals surface area contributed by atoms with Gasteiger partial charge in [0, 0.05) is 4.92 Å². The summed E-state index contributed by atoms with van der Waals surface area (Å²) < 4.78 is 5.74. The predicted octanol–water partition coefficient (Wildman–Crippen LogP) is 2.62. The summed E-state index contributed by atoms with van der Waals surface area (Å²) in [4.78, 5) is 10.6. The summed E-state index contributed by atoms with van der Waals surface area (Å²) in [6.45, 7) is -0.225. The van der Waals surface area contributed by atoms with Crippen LogP contribution in [0.3, 0.4) is 0 Å². The fraction of sp³-hybridized carbons (Fsp3) is 0.294. The van der Waals surface area contributed by atoms with E-state index in [0.717, 1.165) is 11.1 Å². The third kappa shape index (κ3) is 4.65. The Morgan fingerprint density at radius 2 is 1.64 bits per heavy atom. The third-order valence-corrected chi connectivity index (χ3v) is 3.51. The van der Waals surface area contributed by atoms with Gasteiger partial charge < -0.3 is 9.84 Å². The molecule has 5 heteroatoms. The Labute approximate surface area is 129 Å². The SMILES string of the molecule is O=[N+]([O-])C[C@H](c1ccccc1)[C@@H](CO)OCc1ccccc1. The second-order valence-corrected chi connectivity index (χ2v) is 5.05. The summed E-state index contributed by atoms with van der Waals surface area (Å²) in [5, 5.41) is 20.5. The third-order valence-electron chi connectivity index (χ3n) is 3.51. The van der Waals surface area contributed by atoms with Crippen LogP contribution < -0.4 is 0 Å². The second-order valence-electron chi connectivity index (χ2n) is 5.05. The Morgan fingerprint density at radius 3 is 2.18 bits per heavy atom. The van der Waals surface area contributed by atoms with E-state index in [2.05, 4.69) is 0 Å². The predicted molar refractivity (Wildman–Crippen MR) is 83.1 cm³/mol. The minimum Gasteiger partial charge on any atom is -0.394 e. The molecule has 0 spiro atoms. The molecule has 0 fully saturated rings. The first-order valence-electron chi connectivity index (χ1n) is 7.14. The van der Waals surface area contributed by atoms with Gasteiger partial charge in [-0.1, -0.05) is 60.7 Å². The topological polar surface area (TPSA) is 72.6 Å². The van der Waals surface area contributed by atoms with Crippen LogP contribution in [0, 0.1) is 10.1 Å². The molecule has 0 heterocycles. The van der Waals surface area contributed by atoms with E-state index in [9.17, 15) is 15.2 Å². The Kier molecular flexibility index (Phi) is 6.06. The molecule has 0 saturated carbocycles. The zero-order chi connectivity index (χ0) is 15.8. The lowest BCUT2D eigenvalue weighted by molar-refractivity contribution is -0.485. The summed E-state index contributed by atoms with van der Waals surface area (Å²) in [7, 11) is 0. The van der Waals surface area contributed by atoms with Gasteiger partial charge in [0.05, 0.1) is 25.2 Å². The van der Waals surface area contributed by atoms with E-state index < -0.39 is 12.0 Å². The van der Waals surface area contributed by atoms with Crippen LogP contribution >= 0.6 is 0 Å². The van der Waals surface area contributed by atoms with Crippen LogP contribution in [0.1, 0.15) is 17.0 Å². The van der Waals surface area contributed by atoms with Crippen molar-refractivity contribution in [2.24, 2.45) is 0 Å². The number of aliphatic hydroxyl groups is 1. The van der Waals surface area contributed by atoms with Crippen LogP contribution in [-0.2, 0) is 11.3 Å². The zero-order valence-corrected chi connectivity index (χ0v) is 12.2. The normalized spacial score (nSPS) is 13.5. The molecular weight excluding hydrogens is 282 g/mol. The van der Waals surface area contributed by atoms with Gasteiger partial charge in [0.1, 0.15) is 0 Å². The van der Waals surface area contributed by atoms with Crippen LogP contribution in [0.2, 0.25) is 0 Å². The minimum atomic E-state index is -0.618. The first-order valence-corrected chi connectivity index (χ1v) is 7.14. The summed E-state index contributed by atoms with van der Waals surface area (Å²) in [6, 6.07) is 18.7. The standard InChI is InChI=1S/C17H19NO4/c19-12-17(22-13-14-7-3-1-4-8-14)16(11-18(20)21)15-9-5-2-6-10-15/h1-10,16-17,19H,11-13H2/t16-,17-/m1/s1. The molecule has 0 saturated heterocycles. The first kappa shape index (κ1) is 16.1. The monoisotopic (exact) mass is 301 g/mol. The lowest BCUT2D eigenvalue weighted by Gasteiger charge is -2.23. The number of aliphatic hydroxyl groups excluding tert-OH is 1. The van der Waals surface area contributed by atoms with Crippen molar-refractivity contribution in [3.8, 4) is 0 Å². The van der Waals surface area contributed by atoms with Gasteiger partial charge in [-0.3, -0.25) is 10.1 Å². The number of hydrogen-bond acceptors (Lipinski definition) is 4. The maximum absolute atomic E-state index is 10.9. The van der Waals surface area contributed by atoms with Crippen LogP contribution in [0.4, 0.5) is 0 Å². The quantitative estimate of drug-likeness (QED) is 0.601. The molecule has 2 aromatic carbocycles. The Hall–Kier alpha value is -2.24. The molecule has 0 aliphatic heterocycles. The highest BCUT2D eigenvalue weighted by Gasteiger charge is 2.28. The van der Waals surface area contributed by atoms with E-state index in [-0.39, 0.29) is 18.1 Å². The second kappa shape index (κ2) is 8.26. The van der Waals surface area contributed by atoms with Gasteiger partial charge in [0.2, 0.25) is 6.54 Å². The van der Waals surface area contributed by atoms with Crippen molar-refractivity contribution in [3.63, 3.8) is 0 Å². The largest absolute Gasteiger partial charge is 0.394 e. The molecule has 0 amide bonds. The van der Waals surface area contributed by atoms with Gasteiger partial charge in [-0.2, -0.15) is 0 Å². The van der Waals surface area contributed by atoms with Crippen molar-refractivity contribution < 1.29 is 14.8 Å². The van der Waals surface area contributed by atoms with E-state index in [4.69, 9.17) is 4.74 Å². The Morgan fingerprint density at radius 1 is 1.05 bits per heavy atom. The van der Waals surface area contributed by atoms with Crippen LogP contribution in [0.5, 0.6) is 0 Å². The Bertz CT molecular complexity index is 574. The number of rotatable bonds is 8. The van der Waals surface area contributed by atoms with E-state index in [1.807, 2.05) is 60.7 Å². The highest BCUT2D eigenvalue weighted by Crippen LogP contribution is 2.23. The van der Waals surface area contributed by atoms with E-state index >= 15 is 0 Å². The van der Waals surface area contributed by atoms with E-state index in [0.29, 0.717) is 6.61 Å². The average Bonchev–Trinajstić information content (AvgIpc) is 2.56. The maximum atomic E-state index is 10.9. The van der Waals surface area contributed by atoms with E-state index in [1.54, 1.807) is 0 Å². The van der Waals surface area contributed by atoms with Crippen molar-refractivity contribution >= 4 is 0 Å². The molecule has 2 atom stereocenters. The Balaban J connectivity index is 2.11. The molecule has 0 radical (unpaired) electrons. The number of ether oxygens (including phenoxy) is 1. The molecular formula is C17H19NO4. The smallest absolute Gasteiger partial charge is 0.213 e. The van der Waals surface area contributed by atoms with Gasteiger partial charge in [0.25, 0.3) is 0 Å². The van der Waals surface area contributed by atoms with Gasteiger partial charge in [-0.25, -0.2) is 0 Å². The summed E-state index contributed by atoms with van der Waals surface area (Å²) in [5.74, 6) is -0.482. The fourth-order valence-corrected chi connectivity index (χ4v) is 2.37. The first-order chi connectivity index (χ1) is 10.7. The van der Waals surface area contributed by atoms with E-state index in [1.165, 1.54) is 0 Å². The number of hydrogen-bond donors (Lipinski definition) is 1. The molecule has 116 valence electrons. The average molecular weight is 301 g/mol. The van der Waals surface area contributed by atoms with Crippen LogP contribution in [0.25, 0.3) is 0 Å². The highest BCUT2D eigenvalue weighted by molar-refractivity contribution is 5.21. The molecule has 2 aromatic rings. The van der Waals surface area contributed by atoms with Gasteiger partial charge in [-0.15, -0.1) is 0 Å². The van der Waals surface area contributed by atoms with Gasteiger partial charge in [-0.05, 0) is 11.1 Å². The van der Waals surface area contributed by atoms with Crippen LogP contribution in [0.15, 0.2) is 60.7 Å². The minimum absolute atomic E-state index is 0.264. The highest BCUT2D eigenvalue weighted by atomic mass is 16.6. The molecule has 1 N–H and O–H groups in total. The van der Waals surface area contributed by atoms with Crippen molar-refractivity contribution in [2.75, 3.05) is 13.2 Å².